The van der Waals surface area contributed by atoms with E-state index in [1.165, 1.54) is 6.92 Å². The highest BCUT2D eigenvalue weighted by atomic mass is 16.8. The molecule has 5 fully saturated rings. The largest absolute Gasteiger partial charge is 0.394 e. The Morgan fingerprint density at radius 1 is 0.448 bits per heavy atom. The van der Waals surface area contributed by atoms with Crippen molar-refractivity contribution in [3.63, 3.8) is 0 Å². The van der Waals surface area contributed by atoms with Gasteiger partial charge < -0.3 is 125 Å². The van der Waals surface area contributed by atoms with Crippen LogP contribution >= 0.6 is 0 Å². The Bertz CT molecular complexity index is 1300. The summed E-state index contributed by atoms with van der Waals surface area (Å²) in [4.78, 5) is 12.8. The molecule has 26 heteroatoms. The molecule has 0 unspecified atom stereocenters. The third-order valence-corrected chi connectivity index (χ3v) is 10.7. The highest BCUT2D eigenvalue weighted by Gasteiger charge is 2.57. The van der Waals surface area contributed by atoms with E-state index >= 15 is 0 Å². The summed E-state index contributed by atoms with van der Waals surface area (Å²) in [7, 11) is 0. The second-order valence-electron chi connectivity index (χ2n) is 14.7. The van der Waals surface area contributed by atoms with Gasteiger partial charge in [0.15, 0.2) is 31.5 Å². The monoisotopic (exact) mass is 853 g/mol. The Labute approximate surface area is 329 Å². The van der Waals surface area contributed by atoms with Crippen molar-refractivity contribution in [2.45, 2.75) is 167 Å². The van der Waals surface area contributed by atoms with Gasteiger partial charge in [0.25, 0.3) is 0 Å². The van der Waals surface area contributed by atoms with E-state index in [0.717, 1.165) is 6.92 Å². The summed E-state index contributed by atoms with van der Waals surface area (Å²) in [6, 6.07) is -1.73. The van der Waals surface area contributed by atoms with Gasteiger partial charge in [-0.2, -0.15) is 0 Å². The number of hydrogen-bond acceptors (Lipinski definition) is 25. The molecule has 0 aromatic carbocycles. The van der Waals surface area contributed by atoms with Crippen LogP contribution in [0.4, 0.5) is 0 Å². The molecule has 58 heavy (non-hydrogen) atoms. The van der Waals surface area contributed by atoms with E-state index in [-0.39, 0.29) is 0 Å². The maximum absolute atomic E-state index is 12.8. The minimum atomic E-state index is -2.12. The summed E-state index contributed by atoms with van der Waals surface area (Å²) in [6.07, 6.45) is -43.6. The van der Waals surface area contributed by atoms with Crippen LogP contribution in [0.25, 0.3) is 0 Å². The van der Waals surface area contributed by atoms with Crippen molar-refractivity contribution in [3.8, 4) is 0 Å². The number of hydrogen-bond donors (Lipinski definition) is 16. The lowest BCUT2D eigenvalue weighted by Crippen LogP contribution is -2.71. The summed E-state index contributed by atoms with van der Waals surface area (Å²) in [6.45, 7) is -1.36. The predicted octanol–water partition coefficient (Wildman–Crippen LogP) is -10.8. The molecule has 0 aliphatic carbocycles. The molecule has 25 atom stereocenters. The Morgan fingerprint density at radius 2 is 0.897 bits per heavy atom. The quantitative estimate of drug-likeness (QED) is 0.0818. The molecule has 5 heterocycles. The Balaban J connectivity index is 1.50. The maximum atomic E-state index is 12.8. The summed E-state index contributed by atoms with van der Waals surface area (Å²) in [5.41, 5.74) is 0. The standard InChI is InChI=1S/C32H55NO25/c1-7-14(39)17(42)21(46)30(50-7)57-26-13(33-8(2)38)29(54-12(6-37)25(26)56-31-22(47)18(43)15(40)9(3-34)52-31)58-27-16(41)10(4-35)53-32(23(27)48)55-24-11(5-36)51-28(49)20(45)19(24)44/h7,9-32,34-37,39-49H,3-6H2,1-2H3,(H,33,38)/t7-,9+,10+,11+,12+,13+,14+,15-,16-,17+,18-,19+,20+,21-,22+,23+,24+,25+,26+,27-,28-,29+,30+,31-,32-/m0/s1. The van der Waals surface area contributed by atoms with Crippen molar-refractivity contribution in [3.05, 3.63) is 0 Å². The second-order valence-corrected chi connectivity index (χ2v) is 14.7. The molecule has 5 saturated heterocycles. The molecule has 0 saturated carbocycles. The van der Waals surface area contributed by atoms with E-state index < -0.39 is 186 Å². The Hall–Kier alpha value is -1.49. The van der Waals surface area contributed by atoms with Gasteiger partial charge in [-0.05, 0) is 6.92 Å². The molecule has 1 amide bonds. The van der Waals surface area contributed by atoms with E-state index in [0.29, 0.717) is 0 Å². The maximum Gasteiger partial charge on any atom is 0.217 e. The zero-order chi connectivity index (χ0) is 42.9. The van der Waals surface area contributed by atoms with Gasteiger partial charge in [-0.25, -0.2) is 0 Å². The van der Waals surface area contributed by atoms with Crippen molar-refractivity contribution >= 4 is 5.91 Å². The van der Waals surface area contributed by atoms with E-state index in [1.807, 2.05) is 0 Å². The van der Waals surface area contributed by atoms with Crippen molar-refractivity contribution in [2.24, 2.45) is 0 Å². The number of nitrogens with one attached hydrogen (secondary N) is 1. The summed E-state index contributed by atoms with van der Waals surface area (Å²) >= 11 is 0. The molecule has 5 rings (SSSR count). The van der Waals surface area contributed by atoms with E-state index in [4.69, 9.17) is 42.6 Å². The van der Waals surface area contributed by atoms with Crippen LogP contribution in [-0.2, 0) is 47.4 Å². The number of rotatable bonds is 13. The smallest absolute Gasteiger partial charge is 0.217 e. The SMILES string of the molecule is CC(=O)N[C@H]1[C@@H](O[C@H]2[C@@H](O)[C@@H](CO)O[C@@H](O[C@H]3[C@H](O)[C@@H](O)[C@@H](O)O[C@@H]3CO)[C@@H]2O)O[C@H](CO)[C@@H](O[C@@H]2O[C@H](CO)[C@H](O)[C@H](O)[C@H]2O)[C@@H]1O[C@H]1O[C@@H](C)[C@@H](O)[C@@H](O)[C@@H]1O. The van der Waals surface area contributed by atoms with E-state index in [2.05, 4.69) is 5.32 Å². The van der Waals surface area contributed by atoms with Gasteiger partial charge in [0.05, 0.1) is 32.5 Å². The lowest BCUT2D eigenvalue weighted by Gasteiger charge is -2.51. The van der Waals surface area contributed by atoms with Gasteiger partial charge in [-0.15, -0.1) is 0 Å². The van der Waals surface area contributed by atoms with Gasteiger partial charge in [0.2, 0.25) is 5.91 Å². The fourth-order valence-electron chi connectivity index (χ4n) is 7.37. The Kier molecular flexibility index (Phi) is 16.5. The number of carbonyl (C=O) groups excluding carboxylic acids is 1. The molecule has 5 aliphatic rings. The van der Waals surface area contributed by atoms with Crippen LogP contribution in [0.2, 0.25) is 0 Å². The second kappa shape index (κ2) is 20.1. The molecule has 16 N–H and O–H groups in total. The average Bonchev–Trinajstić information content (AvgIpc) is 3.19. The molecule has 0 aromatic heterocycles. The Morgan fingerprint density at radius 3 is 1.47 bits per heavy atom. The van der Waals surface area contributed by atoms with Gasteiger partial charge in [-0.3, -0.25) is 4.79 Å². The molecule has 0 aromatic rings. The molecule has 338 valence electrons. The zero-order valence-corrected chi connectivity index (χ0v) is 31.1. The topological polar surface area (TPSA) is 416 Å². The molecule has 0 radical (unpaired) electrons. The number of aliphatic hydroxyl groups is 15. The van der Waals surface area contributed by atoms with Crippen molar-refractivity contribution in [1.82, 2.24) is 5.32 Å². The molecule has 26 nitrogen and oxygen atoms in total. The summed E-state index contributed by atoms with van der Waals surface area (Å²) in [5.74, 6) is -0.830. The first-order chi connectivity index (χ1) is 27.4. The van der Waals surface area contributed by atoms with Crippen molar-refractivity contribution in [2.75, 3.05) is 26.4 Å². The average molecular weight is 854 g/mol. The normalized spacial score (nSPS) is 51.6. The molecule has 0 bridgehead atoms. The highest BCUT2D eigenvalue weighted by Crippen LogP contribution is 2.36. The fourth-order valence-corrected chi connectivity index (χ4v) is 7.37. The van der Waals surface area contributed by atoms with Crippen molar-refractivity contribution < 1.29 is 124 Å². The summed E-state index contributed by atoms with van der Waals surface area (Å²) in [5, 5.41) is 159. The molecular weight excluding hydrogens is 798 g/mol. The molecule has 5 aliphatic heterocycles. The van der Waals surface area contributed by atoms with E-state index in [1.54, 1.807) is 0 Å². The van der Waals surface area contributed by atoms with Crippen LogP contribution in [-0.4, -0.2) is 262 Å². The lowest BCUT2D eigenvalue weighted by atomic mass is 9.93. The molecule has 0 spiro atoms. The third-order valence-electron chi connectivity index (χ3n) is 10.7. The minimum absolute atomic E-state index is 0.830. The first-order valence-corrected chi connectivity index (χ1v) is 18.5. The fraction of sp³-hybridized carbons (Fsp3) is 0.969. The lowest BCUT2D eigenvalue weighted by molar-refractivity contribution is -0.391. The number of carbonyl (C=O) groups is 1. The van der Waals surface area contributed by atoms with Crippen LogP contribution < -0.4 is 5.32 Å². The van der Waals surface area contributed by atoms with E-state index in [9.17, 15) is 81.4 Å². The van der Waals surface area contributed by atoms with Gasteiger partial charge in [0, 0.05) is 6.92 Å². The molecular formula is C32H55NO25. The highest BCUT2D eigenvalue weighted by molar-refractivity contribution is 5.73. The minimum Gasteiger partial charge on any atom is -0.394 e. The number of amides is 1. The third kappa shape index (κ3) is 9.75. The van der Waals surface area contributed by atoms with Crippen LogP contribution in [0, 0.1) is 0 Å². The first-order valence-electron chi connectivity index (χ1n) is 18.5. The first kappa shape index (κ1) is 47.6. The number of ether oxygens (including phenoxy) is 9. The van der Waals surface area contributed by atoms with Gasteiger partial charge in [-0.1, -0.05) is 0 Å². The number of aliphatic hydroxyl groups excluding tert-OH is 15. The van der Waals surface area contributed by atoms with Crippen LogP contribution in [0.15, 0.2) is 0 Å². The van der Waals surface area contributed by atoms with Gasteiger partial charge in [0.1, 0.15) is 116 Å². The predicted molar refractivity (Wildman–Crippen MR) is 177 cm³/mol. The van der Waals surface area contributed by atoms with Crippen LogP contribution in [0.3, 0.4) is 0 Å². The summed E-state index contributed by atoms with van der Waals surface area (Å²) < 4.78 is 51.4. The van der Waals surface area contributed by atoms with Crippen LogP contribution in [0.1, 0.15) is 13.8 Å². The van der Waals surface area contributed by atoms with Gasteiger partial charge >= 0.3 is 0 Å². The van der Waals surface area contributed by atoms with Crippen molar-refractivity contribution in [1.29, 1.82) is 0 Å². The zero-order valence-electron chi connectivity index (χ0n) is 31.1. The van der Waals surface area contributed by atoms with Crippen LogP contribution in [0.5, 0.6) is 0 Å².